The van der Waals surface area contributed by atoms with Gasteiger partial charge in [-0.1, -0.05) is 19.1 Å². The molecule has 1 heterocycles. The number of aromatic nitrogens is 2. The van der Waals surface area contributed by atoms with Crippen LogP contribution in [0.3, 0.4) is 0 Å². The van der Waals surface area contributed by atoms with Crippen LogP contribution in [0, 0.1) is 5.82 Å². The highest BCUT2D eigenvalue weighted by Crippen LogP contribution is 2.23. The summed E-state index contributed by atoms with van der Waals surface area (Å²) in [5, 5.41) is 0. The van der Waals surface area contributed by atoms with E-state index in [1.54, 1.807) is 6.07 Å². The lowest BCUT2D eigenvalue weighted by molar-refractivity contribution is 0.420. The Hall–Kier alpha value is -2.21. The van der Waals surface area contributed by atoms with E-state index in [1.807, 2.05) is 25.1 Å². The fourth-order valence-corrected chi connectivity index (χ4v) is 1.43. The zero-order chi connectivity index (χ0) is 13.0. The smallest absolute Gasteiger partial charge is 0.260 e. The fourth-order valence-electron chi connectivity index (χ4n) is 1.43. The average molecular weight is 248 g/mol. The highest BCUT2D eigenvalue weighted by atomic mass is 19.1. The number of hydrogen-bond donors (Lipinski definition) is 2. The van der Waals surface area contributed by atoms with Crippen LogP contribution in [0.4, 0.5) is 10.3 Å². The molecule has 0 saturated heterocycles. The molecule has 1 aromatic carbocycles. The zero-order valence-electron chi connectivity index (χ0n) is 9.85. The monoisotopic (exact) mass is 248 g/mol. The van der Waals surface area contributed by atoms with Gasteiger partial charge in [0.15, 0.2) is 0 Å². The predicted octanol–water partition coefficient (Wildman–Crippen LogP) is 2.26. The summed E-state index contributed by atoms with van der Waals surface area (Å²) in [4.78, 5) is 7.43. The van der Waals surface area contributed by atoms with E-state index in [1.165, 1.54) is 0 Å². The summed E-state index contributed by atoms with van der Waals surface area (Å²) in [5.74, 6) is 4.97. The van der Waals surface area contributed by atoms with Crippen LogP contribution in [0.1, 0.15) is 12.5 Å². The second-order valence-corrected chi connectivity index (χ2v) is 3.59. The van der Waals surface area contributed by atoms with Gasteiger partial charge in [0, 0.05) is 0 Å². The molecule has 6 heteroatoms. The highest BCUT2D eigenvalue weighted by molar-refractivity contribution is 5.33. The van der Waals surface area contributed by atoms with Crippen molar-refractivity contribution in [1.82, 2.24) is 9.97 Å². The maximum absolute atomic E-state index is 13.5. The van der Waals surface area contributed by atoms with Gasteiger partial charge in [-0.25, -0.2) is 10.8 Å². The van der Waals surface area contributed by atoms with Gasteiger partial charge in [0.05, 0.1) is 6.20 Å². The number of nitrogens with two attached hydrogens (primary N) is 1. The lowest BCUT2D eigenvalue weighted by Gasteiger charge is -2.07. The van der Waals surface area contributed by atoms with E-state index in [-0.39, 0.29) is 11.8 Å². The Morgan fingerprint density at radius 2 is 2.28 bits per heavy atom. The molecule has 0 unspecified atom stereocenters. The van der Waals surface area contributed by atoms with Crippen LogP contribution in [0.25, 0.3) is 0 Å². The molecule has 0 aliphatic heterocycles. The number of aryl methyl sites for hydroxylation is 1. The number of nitrogens with zero attached hydrogens (tertiary/aromatic N) is 2. The Bertz CT molecular complexity index is 547. The Kier molecular flexibility index (Phi) is 3.69. The second kappa shape index (κ2) is 5.42. The molecule has 0 aliphatic carbocycles. The molecule has 2 rings (SSSR count). The maximum atomic E-state index is 13.5. The topological polar surface area (TPSA) is 73.1 Å². The summed E-state index contributed by atoms with van der Waals surface area (Å²) < 4.78 is 18.8. The Morgan fingerprint density at radius 3 is 3.00 bits per heavy atom. The van der Waals surface area contributed by atoms with Crippen molar-refractivity contribution in [2.75, 3.05) is 5.43 Å². The van der Waals surface area contributed by atoms with Gasteiger partial charge in [-0.05, 0) is 24.1 Å². The highest BCUT2D eigenvalue weighted by Gasteiger charge is 2.09. The van der Waals surface area contributed by atoms with Crippen molar-refractivity contribution in [3.8, 4) is 11.6 Å². The summed E-state index contributed by atoms with van der Waals surface area (Å²) in [6.45, 7) is 2.03. The van der Waals surface area contributed by atoms with Crippen LogP contribution in [0.2, 0.25) is 0 Å². The van der Waals surface area contributed by atoms with E-state index in [2.05, 4.69) is 15.4 Å². The Morgan fingerprint density at radius 1 is 1.44 bits per heavy atom. The third kappa shape index (κ3) is 2.72. The largest absolute Gasteiger partial charge is 0.436 e. The lowest BCUT2D eigenvalue weighted by Crippen LogP contribution is -2.11. The first-order valence-corrected chi connectivity index (χ1v) is 5.49. The summed E-state index contributed by atoms with van der Waals surface area (Å²) in [6, 6.07) is 7.37. The van der Waals surface area contributed by atoms with Crippen molar-refractivity contribution in [2.45, 2.75) is 13.3 Å². The van der Waals surface area contributed by atoms with E-state index in [0.717, 1.165) is 18.2 Å². The van der Waals surface area contributed by atoms with Crippen LogP contribution in [0.5, 0.6) is 11.6 Å². The first-order chi connectivity index (χ1) is 8.72. The molecule has 0 radical (unpaired) electrons. The molecule has 0 fully saturated rings. The maximum Gasteiger partial charge on any atom is 0.260 e. The van der Waals surface area contributed by atoms with Crippen molar-refractivity contribution in [1.29, 1.82) is 0 Å². The van der Waals surface area contributed by atoms with Gasteiger partial charge in [-0.15, -0.1) is 0 Å². The molecule has 0 atom stereocenters. The molecule has 2 aromatic rings. The van der Waals surface area contributed by atoms with E-state index in [4.69, 9.17) is 10.6 Å². The van der Waals surface area contributed by atoms with Gasteiger partial charge in [0.1, 0.15) is 5.75 Å². The van der Waals surface area contributed by atoms with Crippen LogP contribution in [-0.4, -0.2) is 9.97 Å². The molecular formula is C12H13FN4O. The molecule has 0 saturated carbocycles. The first kappa shape index (κ1) is 12.3. The summed E-state index contributed by atoms with van der Waals surface area (Å²) in [7, 11) is 0. The van der Waals surface area contributed by atoms with Crippen LogP contribution >= 0.6 is 0 Å². The number of anilines is 1. The molecular weight excluding hydrogens is 235 g/mol. The molecule has 18 heavy (non-hydrogen) atoms. The van der Waals surface area contributed by atoms with Crippen molar-refractivity contribution >= 4 is 5.95 Å². The van der Waals surface area contributed by atoms with Crippen LogP contribution in [-0.2, 0) is 6.42 Å². The standard InChI is InChI=1S/C12H13FN4O/c1-2-8-4-3-5-9(6-8)18-11-10(13)7-15-12(16-11)17-14/h3-7H,2,14H2,1H3,(H,15,16,17). The van der Waals surface area contributed by atoms with Crippen molar-refractivity contribution in [2.24, 2.45) is 5.84 Å². The molecule has 3 N–H and O–H groups in total. The number of rotatable bonds is 4. The predicted molar refractivity (Wildman–Crippen MR) is 65.7 cm³/mol. The van der Waals surface area contributed by atoms with Gasteiger partial charge < -0.3 is 4.74 Å². The number of hydrogen-bond acceptors (Lipinski definition) is 5. The first-order valence-electron chi connectivity index (χ1n) is 5.49. The SMILES string of the molecule is CCc1cccc(Oc2nc(NN)ncc2F)c1. The third-order valence-corrected chi connectivity index (χ3v) is 2.36. The summed E-state index contributed by atoms with van der Waals surface area (Å²) >= 11 is 0. The lowest BCUT2D eigenvalue weighted by atomic mass is 10.2. The minimum absolute atomic E-state index is 0.0954. The molecule has 1 aromatic heterocycles. The van der Waals surface area contributed by atoms with Gasteiger partial charge in [0.25, 0.3) is 5.88 Å². The molecule has 0 bridgehead atoms. The molecule has 0 spiro atoms. The van der Waals surface area contributed by atoms with Crippen molar-refractivity contribution in [3.63, 3.8) is 0 Å². The summed E-state index contributed by atoms with van der Waals surface area (Å²) in [6.07, 6.45) is 1.88. The van der Waals surface area contributed by atoms with Gasteiger partial charge >= 0.3 is 0 Å². The number of hydrazine groups is 1. The van der Waals surface area contributed by atoms with Crippen molar-refractivity contribution < 1.29 is 9.13 Å². The second-order valence-electron chi connectivity index (χ2n) is 3.59. The molecule has 0 aliphatic rings. The quantitative estimate of drug-likeness (QED) is 0.641. The Balaban J connectivity index is 2.27. The number of nitrogen functional groups attached to an aromatic ring is 1. The Labute approximate surface area is 104 Å². The third-order valence-electron chi connectivity index (χ3n) is 2.36. The van der Waals surface area contributed by atoms with Crippen molar-refractivity contribution in [3.05, 3.63) is 41.8 Å². The van der Waals surface area contributed by atoms with Gasteiger partial charge in [-0.2, -0.15) is 9.37 Å². The van der Waals surface area contributed by atoms with E-state index in [9.17, 15) is 4.39 Å². The minimum atomic E-state index is -0.643. The van der Waals surface area contributed by atoms with Crippen LogP contribution < -0.4 is 16.0 Å². The number of ether oxygens (including phenoxy) is 1. The number of nitrogens with one attached hydrogen (secondary N) is 1. The van der Waals surface area contributed by atoms with E-state index >= 15 is 0 Å². The van der Waals surface area contributed by atoms with Gasteiger partial charge in [-0.3, -0.25) is 5.43 Å². The van der Waals surface area contributed by atoms with Crippen LogP contribution in [0.15, 0.2) is 30.5 Å². The average Bonchev–Trinajstić information content (AvgIpc) is 2.41. The number of benzene rings is 1. The summed E-state index contributed by atoms with van der Waals surface area (Å²) in [5.41, 5.74) is 3.33. The fraction of sp³-hybridized carbons (Fsp3) is 0.167. The molecule has 94 valence electrons. The minimum Gasteiger partial charge on any atom is -0.436 e. The van der Waals surface area contributed by atoms with Gasteiger partial charge in [0.2, 0.25) is 11.8 Å². The van der Waals surface area contributed by atoms with E-state index < -0.39 is 5.82 Å². The van der Waals surface area contributed by atoms with E-state index in [0.29, 0.717) is 5.75 Å². The number of halogens is 1. The molecule has 0 amide bonds. The molecule has 5 nitrogen and oxygen atoms in total. The zero-order valence-corrected chi connectivity index (χ0v) is 9.85. The normalized spacial score (nSPS) is 10.2.